The normalized spacial score (nSPS) is 12.6. The van der Waals surface area contributed by atoms with Gasteiger partial charge in [0, 0.05) is 0 Å². The quantitative estimate of drug-likeness (QED) is 0.300. The van der Waals surface area contributed by atoms with E-state index in [-0.39, 0.29) is 6.61 Å². The van der Waals surface area contributed by atoms with E-state index < -0.39 is 18.4 Å². The average molecular weight is 502 g/mol. The molecule has 0 spiro atoms. The summed E-state index contributed by atoms with van der Waals surface area (Å²) in [6.07, 6.45) is 10.1. The summed E-state index contributed by atoms with van der Waals surface area (Å²) < 4.78 is 7.02. The number of rotatable bonds is 12. The van der Waals surface area contributed by atoms with Gasteiger partial charge in [0.2, 0.25) is 0 Å². The summed E-state index contributed by atoms with van der Waals surface area (Å²) in [5.41, 5.74) is 1.37. The van der Waals surface area contributed by atoms with Gasteiger partial charge < -0.3 is 0 Å². The Hall–Kier alpha value is 0.199. The predicted molar refractivity (Wildman–Crippen MR) is 114 cm³/mol. The molecule has 136 valence electrons. The number of hydrogen-bond donors (Lipinski definition) is 1. The summed E-state index contributed by atoms with van der Waals surface area (Å²) in [5.74, 6) is 0. The maximum absolute atomic E-state index is 9.74. The molecule has 0 fully saturated rings. The number of benzene rings is 1. The van der Waals surface area contributed by atoms with Crippen LogP contribution in [0.15, 0.2) is 34.8 Å². The minimum absolute atomic E-state index is 0.175. The minimum atomic E-state index is -2.50. The van der Waals surface area contributed by atoms with E-state index in [1.165, 1.54) is 57.4 Å². The Morgan fingerprint density at radius 3 is 1.75 bits per heavy atom. The van der Waals surface area contributed by atoms with Gasteiger partial charge in [-0.3, -0.25) is 0 Å². The molecule has 0 bridgehead atoms. The van der Waals surface area contributed by atoms with E-state index in [0.29, 0.717) is 0 Å². The Morgan fingerprint density at radius 1 is 0.917 bits per heavy atom. The second-order valence-corrected chi connectivity index (χ2v) is 20.9. The molecular weight excluding hydrogens is 467 g/mol. The van der Waals surface area contributed by atoms with Gasteiger partial charge in [0.1, 0.15) is 0 Å². The number of aliphatic hydroxyl groups is 1. The van der Waals surface area contributed by atoms with Crippen molar-refractivity contribution < 1.29 is 5.11 Å². The molecule has 1 nitrogen and oxygen atoms in total. The van der Waals surface area contributed by atoms with Crippen molar-refractivity contribution >= 4 is 37.9 Å². The van der Waals surface area contributed by atoms with Crippen molar-refractivity contribution in [3.63, 3.8) is 0 Å². The van der Waals surface area contributed by atoms with Crippen LogP contribution in [-0.4, -0.2) is 30.1 Å². The van der Waals surface area contributed by atoms with Gasteiger partial charge in [-0.2, -0.15) is 0 Å². The van der Waals surface area contributed by atoms with Crippen LogP contribution >= 0.6 is 15.9 Å². The monoisotopic (exact) mass is 502 g/mol. The van der Waals surface area contributed by atoms with Crippen LogP contribution in [0.5, 0.6) is 0 Å². The van der Waals surface area contributed by atoms with Crippen LogP contribution in [0, 0.1) is 0 Å². The van der Waals surface area contributed by atoms with E-state index in [0.717, 1.165) is 4.47 Å². The first-order valence-electron chi connectivity index (χ1n) is 9.71. The Bertz CT molecular complexity index is 459. The van der Waals surface area contributed by atoms with Gasteiger partial charge in [-0.15, -0.1) is 0 Å². The Labute approximate surface area is 161 Å². The molecule has 1 rings (SSSR count). The van der Waals surface area contributed by atoms with Crippen LogP contribution in [0.2, 0.25) is 13.3 Å². The van der Waals surface area contributed by atoms with Crippen molar-refractivity contribution in [1.29, 1.82) is 0 Å². The Morgan fingerprint density at radius 2 is 1.38 bits per heavy atom. The summed E-state index contributed by atoms with van der Waals surface area (Å²) in [6.45, 7) is 7.11. The zero-order valence-corrected chi connectivity index (χ0v) is 20.2. The molecular formula is C21H35BrOSn. The van der Waals surface area contributed by atoms with Crippen molar-refractivity contribution in [1.82, 2.24) is 0 Å². The molecule has 0 aliphatic carbocycles. The standard InChI is InChI=1S/C9H8BrO.3C4H9.Sn/c10-9-5-3-8(4-6-9)2-1-7-11;3*1-3-4-2;/h1,3-6,11H,7H2;3*1,3-4H2,2H3;. The van der Waals surface area contributed by atoms with Crippen LogP contribution in [-0.2, 0) is 0 Å². The molecule has 3 heteroatoms. The molecule has 0 aliphatic rings. The Balaban J connectivity index is 3.29. The summed E-state index contributed by atoms with van der Waals surface area (Å²) in [5, 5.41) is 9.74. The van der Waals surface area contributed by atoms with Gasteiger partial charge >= 0.3 is 163 Å². The van der Waals surface area contributed by atoms with Gasteiger partial charge in [-0.05, 0) is 0 Å². The molecule has 1 aromatic carbocycles. The van der Waals surface area contributed by atoms with Crippen LogP contribution in [0.25, 0.3) is 3.59 Å². The average Bonchev–Trinajstić information content (AvgIpc) is 2.61. The van der Waals surface area contributed by atoms with E-state index in [1.54, 1.807) is 3.59 Å². The second kappa shape index (κ2) is 12.5. The fourth-order valence-corrected chi connectivity index (χ4v) is 20.9. The van der Waals surface area contributed by atoms with Crippen molar-refractivity contribution in [2.24, 2.45) is 0 Å². The third-order valence-electron chi connectivity index (χ3n) is 5.05. The molecule has 0 saturated carbocycles. The molecule has 0 radical (unpaired) electrons. The third-order valence-corrected chi connectivity index (χ3v) is 21.5. The van der Waals surface area contributed by atoms with Gasteiger partial charge in [-0.1, -0.05) is 0 Å². The van der Waals surface area contributed by atoms with Crippen molar-refractivity contribution in [2.75, 3.05) is 6.61 Å². The zero-order valence-electron chi connectivity index (χ0n) is 15.8. The van der Waals surface area contributed by atoms with Crippen LogP contribution < -0.4 is 0 Å². The van der Waals surface area contributed by atoms with E-state index in [2.05, 4.69) is 67.0 Å². The molecule has 1 aromatic rings. The van der Waals surface area contributed by atoms with Crippen LogP contribution in [0.1, 0.15) is 64.9 Å². The molecule has 0 atom stereocenters. The predicted octanol–water partition coefficient (Wildman–Crippen LogP) is 7.21. The first-order valence-corrected chi connectivity index (χ1v) is 18.0. The molecule has 0 amide bonds. The molecule has 0 aromatic heterocycles. The topological polar surface area (TPSA) is 20.2 Å². The van der Waals surface area contributed by atoms with E-state index in [4.69, 9.17) is 0 Å². The van der Waals surface area contributed by atoms with E-state index in [1.807, 2.05) is 0 Å². The third kappa shape index (κ3) is 6.84. The van der Waals surface area contributed by atoms with Gasteiger partial charge in [0.05, 0.1) is 0 Å². The number of aliphatic hydroxyl groups excluding tert-OH is 1. The van der Waals surface area contributed by atoms with Crippen molar-refractivity contribution in [2.45, 2.75) is 72.6 Å². The molecule has 0 aliphatic heterocycles. The van der Waals surface area contributed by atoms with Gasteiger partial charge in [0.15, 0.2) is 0 Å². The van der Waals surface area contributed by atoms with Gasteiger partial charge in [-0.25, -0.2) is 0 Å². The molecule has 0 unspecified atom stereocenters. The summed E-state index contributed by atoms with van der Waals surface area (Å²) in [4.78, 5) is 0. The number of unbranched alkanes of at least 4 members (excludes halogenated alkanes) is 3. The first-order chi connectivity index (χ1) is 11.6. The Kier molecular flexibility index (Phi) is 11.6. The fourth-order valence-electron chi connectivity index (χ4n) is 3.69. The van der Waals surface area contributed by atoms with Crippen molar-refractivity contribution in [3.05, 3.63) is 40.4 Å². The van der Waals surface area contributed by atoms with E-state index >= 15 is 0 Å². The zero-order chi connectivity index (χ0) is 17.8. The number of halogens is 1. The SMILES string of the molecule is CCC[CH2][Sn]([CH2]CCC)([CH2]CCC)/[C](=C/CO)c1ccc(Br)cc1. The second-order valence-electron chi connectivity index (χ2n) is 6.90. The fraction of sp³-hybridized carbons (Fsp3) is 0.619. The molecule has 0 saturated heterocycles. The summed E-state index contributed by atoms with van der Waals surface area (Å²) in [7, 11) is 0. The maximum atomic E-state index is 9.74. The van der Waals surface area contributed by atoms with Crippen LogP contribution in [0.3, 0.4) is 0 Å². The molecule has 24 heavy (non-hydrogen) atoms. The number of hydrogen-bond acceptors (Lipinski definition) is 1. The van der Waals surface area contributed by atoms with E-state index in [9.17, 15) is 5.11 Å². The van der Waals surface area contributed by atoms with Gasteiger partial charge in [0.25, 0.3) is 0 Å². The van der Waals surface area contributed by atoms with Crippen molar-refractivity contribution in [3.8, 4) is 0 Å². The molecule has 1 N–H and O–H groups in total. The molecule has 0 heterocycles. The first kappa shape index (κ1) is 22.2. The summed E-state index contributed by atoms with van der Waals surface area (Å²) >= 11 is 1.06. The van der Waals surface area contributed by atoms with Crippen LogP contribution in [0.4, 0.5) is 0 Å². The summed E-state index contributed by atoms with van der Waals surface area (Å²) in [6, 6.07) is 8.80.